The molecule has 0 bridgehead atoms. The van der Waals surface area contributed by atoms with Crippen LogP contribution in [-0.2, 0) is 4.74 Å². The van der Waals surface area contributed by atoms with Gasteiger partial charge in [0.05, 0.1) is 12.7 Å². The highest BCUT2D eigenvalue weighted by molar-refractivity contribution is 5.95. The van der Waals surface area contributed by atoms with Gasteiger partial charge >= 0.3 is 5.97 Å². The van der Waals surface area contributed by atoms with Gasteiger partial charge in [-0.2, -0.15) is 0 Å². The van der Waals surface area contributed by atoms with E-state index in [0.29, 0.717) is 17.1 Å². The molecule has 1 aromatic carbocycles. The van der Waals surface area contributed by atoms with E-state index >= 15 is 0 Å². The second-order valence-corrected chi connectivity index (χ2v) is 6.28. The molecule has 1 saturated carbocycles. The molecule has 1 aliphatic rings. The summed E-state index contributed by atoms with van der Waals surface area (Å²) in [6.45, 7) is 4.51. The quantitative estimate of drug-likeness (QED) is 0.850. The summed E-state index contributed by atoms with van der Waals surface area (Å²) in [5, 5.41) is 3.38. The van der Waals surface area contributed by atoms with Crippen LogP contribution in [0.1, 0.15) is 49.9 Å². The smallest absolute Gasteiger partial charge is 0.340 e. The van der Waals surface area contributed by atoms with Crippen molar-refractivity contribution < 1.29 is 13.9 Å². The van der Waals surface area contributed by atoms with Crippen molar-refractivity contribution in [3.63, 3.8) is 0 Å². The molecule has 1 atom stereocenters. The number of nitrogens with one attached hydrogen (secondary N) is 1. The molecule has 1 aromatic rings. The van der Waals surface area contributed by atoms with Crippen LogP contribution in [0.5, 0.6) is 0 Å². The summed E-state index contributed by atoms with van der Waals surface area (Å²) in [5.41, 5.74) is 1.22. The maximum atomic E-state index is 13.3. The zero-order valence-electron chi connectivity index (χ0n) is 12.3. The Balaban J connectivity index is 2.18. The molecule has 0 spiro atoms. The largest absolute Gasteiger partial charge is 0.465 e. The first-order valence-corrected chi connectivity index (χ1v) is 7.06. The Labute approximate surface area is 119 Å². The van der Waals surface area contributed by atoms with Gasteiger partial charge < -0.3 is 10.1 Å². The van der Waals surface area contributed by atoms with Gasteiger partial charge in [0.1, 0.15) is 5.82 Å². The molecule has 0 saturated heterocycles. The second-order valence-electron chi connectivity index (χ2n) is 6.28. The van der Waals surface area contributed by atoms with E-state index in [2.05, 4.69) is 19.2 Å². The standard InChI is InChI=1S/C16H22FNO2/c1-16(2)8-4-5-12(10-16)18-14-7-6-11(17)9-13(14)15(19)20-3/h6-7,9,12,18H,4-5,8,10H2,1-3H3. The highest BCUT2D eigenvalue weighted by Crippen LogP contribution is 2.36. The van der Waals surface area contributed by atoms with E-state index in [9.17, 15) is 9.18 Å². The summed E-state index contributed by atoms with van der Waals surface area (Å²) in [5.74, 6) is -0.943. The van der Waals surface area contributed by atoms with E-state index in [1.54, 1.807) is 6.07 Å². The maximum Gasteiger partial charge on any atom is 0.340 e. The molecule has 0 amide bonds. The number of hydrogen-bond donors (Lipinski definition) is 1. The minimum absolute atomic E-state index is 0.260. The third-order valence-electron chi connectivity index (χ3n) is 3.95. The number of carbonyl (C=O) groups excluding carboxylic acids is 1. The fourth-order valence-corrected chi connectivity index (χ4v) is 2.96. The number of hydrogen-bond acceptors (Lipinski definition) is 3. The minimum Gasteiger partial charge on any atom is -0.465 e. The molecule has 110 valence electrons. The molecule has 4 heteroatoms. The van der Waals surface area contributed by atoms with E-state index in [1.165, 1.54) is 32.1 Å². The molecular formula is C16H22FNO2. The van der Waals surface area contributed by atoms with Crippen LogP contribution in [0.2, 0.25) is 0 Å². The number of ether oxygens (including phenoxy) is 1. The van der Waals surface area contributed by atoms with Gasteiger partial charge in [-0.15, -0.1) is 0 Å². The fraction of sp³-hybridized carbons (Fsp3) is 0.562. The molecular weight excluding hydrogens is 257 g/mol. The zero-order valence-corrected chi connectivity index (χ0v) is 12.3. The number of halogens is 1. The molecule has 1 fully saturated rings. The van der Waals surface area contributed by atoms with Crippen LogP contribution in [0.3, 0.4) is 0 Å². The van der Waals surface area contributed by atoms with Gasteiger partial charge in [-0.05, 0) is 42.9 Å². The molecule has 2 rings (SSSR count). The molecule has 1 unspecified atom stereocenters. The van der Waals surface area contributed by atoms with Crippen LogP contribution in [0.25, 0.3) is 0 Å². The number of methoxy groups -OCH3 is 1. The zero-order chi connectivity index (χ0) is 14.8. The van der Waals surface area contributed by atoms with Crippen molar-refractivity contribution in [3.05, 3.63) is 29.6 Å². The highest BCUT2D eigenvalue weighted by Gasteiger charge is 2.28. The van der Waals surface area contributed by atoms with E-state index in [0.717, 1.165) is 12.8 Å². The SMILES string of the molecule is COC(=O)c1cc(F)ccc1NC1CCCC(C)(C)C1. The van der Waals surface area contributed by atoms with Gasteiger partial charge in [-0.1, -0.05) is 20.3 Å². The van der Waals surface area contributed by atoms with Gasteiger partial charge in [-0.25, -0.2) is 9.18 Å². The van der Waals surface area contributed by atoms with Crippen LogP contribution >= 0.6 is 0 Å². The maximum absolute atomic E-state index is 13.3. The van der Waals surface area contributed by atoms with Crippen LogP contribution in [0.15, 0.2) is 18.2 Å². The molecule has 3 nitrogen and oxygen atoms in total. The Morgan fingerprint density at radius 2 is 2.20 bits per heavy atom. The molecule has 0 aliphatic heterocycles. The Morgan fingerprint density at radius 1 is 1.45 bits per heavy atom. The van der Waals surface area contributed by atoms with Crippen LogP contribution < -0.4 is 5.32 Å². The number of rotatable bonds is 3. The summed E-state index contributed by atoms with van der Waals surface area (Å²) in [7, 11) is 1.31. The summed E-state index contributed by atoms with van der Waals surface area (Å²) in [4.78, 5) is 11.7. The van der Waals surface area contributed by atoms with Crippen molar-refractivity contribution in [2.24, 2.45) is 5.41 Å². The second kappa shape index (κ2) is 5.81. The van der Waals surface area contributed by atoms with Crippen molar-refractivity contribution in [2.75, 3.05) is 12.4 Å². The van der Waals surface area contributed by atoms with E-state index in [1.807, 2.05) is 0 Å². The Bertz CT molecular complexity index is 499. The summed E-state index contributed by atoms with van der Waals surface area (Å²) in [6, 6.07) is 4.52. The van der Waals surface area contributed by atoms with Gasteiger partial charge in [0, 0.05) is 11.7 Å². The molecule has 1 aliphatic carbocycles. The van der Waals surface area contributed by atoms with E-state index in [-0.39, 0.29) is 5.56 Å². The first kappa shape index (κ1) is 14.8. The first-order valence-electron chi connectivity index (χ1n) is 7.06. The number of carbonyl (C=O) groups is 1. The fourth-order valence-electron chi connectivity index (χ4n) is 2.96. The van der Waals surface area contributed by atoms with Crippen molar-refractivity contribution in [2.45, 2.75) is 45.6 Å². The Kier molecular flexibility index (Phi) is 4.31. The van der Waals surface area contributed by atoms with Crippen LogP contribution in [0.4, 0.5) is 10.1 Å². The first-order chi connectivity index (χ1) is 9.41. The van der Waals surface area contributed by atoms with Crippen molar-refractivity contribution in [1.82, 2.24) is 0 Å². The van der Waals surface area contributed by atoms with Crippen molar-refractivity contribution in [3.8, 4) is 0 Å². The van der Waals surface area contributed by atoms with E-state index < -0.39 is 11.8 Å². The van der Waals surface area contributed by atoms with Gasteiger partial charge in [0.2, 0.25) is 0 Å². The highest BCUT2D eigenvalue weighted by atomic mass is 19.1. The predicted molar refractivity (Wildman–Crippen MR) is 77.4 cm³/mol. The topological polar surface area (TPSA) is 38.3 Å². The minimum atomic E-state index is -0.512. The van der Waals surface area contributed by atoms with E-state index in [4.69, 9.17) is 4.74 Å². The molecule has 0 radical (unpaired) electrons. The monoisotopic (exact) mass is 279 g/mol. The Hall–Kier alpha value is -1.58. The predicted octanol–water partition coefficient (Wildman–Crippen LogP) is 3.99. The summed E-state index contributed by atoms with van der Waals surface area (Å²) < 4.78 is 18.0. The van der Waals surface area contributed by atoms with Gasteiger partial charge in [0.25, 0.3) is 0 Å². The van der Waals surface area contributed by atoms with Crippen molar-refractivity contribution in [1.29, 1.82) is 0 Å². The number of esters is 1. The number of benzene rings is 1. The van der Waals surface area contributed by atoms with Crippen molar-refractivity contribution >= 4 is 11.7 Å². The molecule has 0 aromatic heterocycles. The molecule has 1 N–H and O–H groups in total. The average Bonchev–Trinajstić information content (AvgIpc) is 2.39. The summed E-state index contributed by atoms with van der Waals surface area (Å²) >= 11 is 0. The summed E-state index contributed by atoms with van der Waals surface area (Å²) in [6.07, 6.45) is 4.50. The lowest BCUT2D eigenvalue weighted by molar-refractivity contribution is 0.0601. The molecule has 0 heterocycles. The number of anilines is 1. The lowest BCUT2D eigenvalue weighted by atomic mass is 9.75. The van der Waals surface area contributed by atoms with Crippen LogP contribution in [-0.4, -0.2) is 19.1 Å². The third-order valence-corrected chi connectivity index (χ3v) is 3.95. The lowest BCUT2D eigenvalue weighted by Gasteiger charge is -2.36. The average molecular weight is 279 g/mol. The van der Waals surface area contributed by atoms with Gasteiger partial charge in [-0.3, -0.25) is 0 Å². The third kappa shape index (κ3) is 3.50. The molecule has 20 heavy (non-hydrogen) atoms. The lowest BCUT2D eigenvalue weighted by Crippen LogP contribution is -2.32. The van der Waals surface area contributed by atoms with Crippen LogP contribution in [0, 0.1) is 11.2 Å². The van der Waals surface area contributed by atoms with Gasteiger partial charge in [0.15, 0.2) is 0 Å². The normalized spacial score (nSPS) is 21.3. The Morgan fingerprint density at radius 3 is 2.85 bits per heavy atom.